The predicted octanol–water partition coefficient (Wildman–Crippen LogP) is 2.70. The Morgan fingerprint density at radius 3 is 2.52 bits per heavy atom. The van der Waals surface area contributed by atoms with E-state index in [1.54, 1.807) is 36.4 Å². The number of pyridine rings is 1. The van der Waals surface area contributed by atoms with Crippen molar-refractivity contribution in [1.29, 1.82) is 0 Å². The normalized spacial score (nSPS) is 14.4. The molecular formula is C23H24N4O4. The van der Waals surface area contributed by atoms with E-state index in [0.29, 0.717) is 28.2 Å². The fourth-order valence-corrected chi connectivity index (χ4v) is 3.53. The highest BCUT2D eigenvalue weighted by Crippen LogP contribution is 2.26. The Morgan fingerprint density at radius 2 is 1.81 bits per heavy atom. The van der Waals surface area contributed by atoms with Crippen LogP contribution < -0.4 is 15.0 Å². The molecule has 0 radical (unpaired) electrons. The minimum absolute atomic E-state index is 0.144. The lowest BCUT2D eigenvalue weighted by atomic mass is 10.1. The summed E-state index contributed by atoms with van der Waals surface area (Å²) in [6, 6.07) is 15.8. The van der Waals surface area contributed by atoms with Crippen LogP contribution in [-0.4, -0.2) is 66.7 Å². The third-order valence-corrected chi connectivity index (χ3v) is 5.25. The van der Waals surface area contributed by atoms with E-state index in [0.717, 1.165) is 26.2 Å². The highest BCUT2D eigenvalue weighted by Gasteiger charge is 2.19. The third-order valence-electron chi connectivity index (χ3n) is 5.25. The molecule has 4 rings (SSSR count). The van der Waals surface area contributed by atoms with Gasteiger partial charge in [-0.1, -0.05) is 18.2 Å². The molecule has 31 heavy (non-hydrogen) atoms. The maximum absolute atomic E-state index is 12.2. The van der Waals surface area contributed by atoms with Crippen molar-refractivity contribution in [3.63, 3.8) is 0 Å². The lowest BCUT2D eigenvalue weighted by Gasteiger charge is -2.33. The molecule has 2 heterocycles. The van der Waals surface area contributed by atoms with Gasteiger partial charge in [-0.25, -0.2) is 9.78 Å². The highest BCUT2D eigenvalue weighted by atomic mass is 16.5. The molecule has 2 N–H and O–H groups in total. The number of carbonyl (C=O) groups is 2. The number of ether oxygens (including phenoxy) is 1. The predicted molar refractivity (Wildman–Crippen MR) is 119 cm³/mol. The van der Waals surface area contributed by atoms with Crippen LogP contribution in [0.2, 0.25) is 0 Å². The molecule has 1 amide bonds. The highest BCUT2D eigenvalue weighted by molar-refractivity contribution is 6.05. The van der Waals surface area contributed by atoms with Gasteiger partial charge in [0.2, 0.25) is 0 Å². The topological polar surface area (TPSA) is 95.0 Å². The van der Waals surface area contributed by atoms with Gasteiger partial charge >= 0.3 is 5.97 Å². The number of nitrogens with one attached hydrogen (secondary N) is 1. The quantitative estimate of drug-likeness (QED) is 0.633. The average molecular weight is 420 g/mol. The van der Waals surface area contributed by atoms with Crippen LogP contribution in [0.15, 0.2) is 54.6 Å². The fourth-order valence-electron chi connectivity index (χ4n) is 3.53. The second-order valence-corrected chi connectivity index (χ2v) is 7.51. The van der Waals surface area contributed by atoms with E-state index < -0.39 is 5.97 Å². The molecule has 0 atom stereocenters. The van der Waals surface area contributed by atoms with Gasteiger partial charge in [0.25, 0.3) is 5.91 Å². The number of aromatic nitrogens is 1. The lowest BCUT2D eigenvalue weighted by Crippen LogP contribution is -2.44. The zero-order valence-corrected chi connectivity index (χ0v) is 17.2. The zero-order valence-electron chi connectivity index (χ0n) is 17.2. The summed E-state index contributed by atoms with van der Waals surface area (Å²) in [5.74, 6) is -0.100. The van der Waals surface area contributed by atoms with Gasteiger partial charge in [0.1, 0.15) is 11.6 Å². The molecule has 1 saturated heterocycles. The average Bonchev–Trinajstić information content (AvgIpc) is 2.78. The number of anilines is 2. The zero-order chi connectivity index (χ0) is 21.8. The Kier molecular flexibility index (Phi) is 5.99. The summed E-state index contributed by atoms with van der Waals surface area (Å²) in [6.07, 6.45) is 0. The molecule has 0 unspecified atom stereocenters. The van der Waals surface area contributed by atoms with Crippen LogP contribution in [0.5, 0.6) is 5.75 Å². The largest absolute Gasteiger partial charge is 0.484 e. The van der Waals surface area contributed by atoms with Gasteiger partial charge in [-0.15, -0.1) is 0 Å². The molecule has 0 saturated carbocycles. The summed E-state index contributed by atoms with van der Waals surface area (Å²) < 4.78 is 5.45. The third kappa shape index (κ3) is 4.92. The number of piperazine rings is 1. The van der Waals surface area contributed by atoms with Gasteiger partial charge in [0.05, 0.1) is 11.1 Å². The number of carboxylic acids is 1. The van der Waals surface area contributed by atoms with Crippen molar-refractivity contribution in [2.24, 2.45) is 0 Å². The van der Waals surface area contributed by atoms with Crippen LogP contribution >= 0.6 is 0 Å². The van der Waals surface area contributed by atoms with E-state index in [1.165, 1.54) is 0 Å². The van der Waals surface area contributed by atoms with Crippen LogP contribution in [-0.2, 0) is 4.79 Å². The first kappa shape index (κ1) is 20.6. The number of fused-ring (bicyclic) bond motifs is 1. The van der Waals surface area contributed by atoms with E-state index in [9.17, 15) is 14.7 Å². The number of aromatic carboxylic acids is 1. The number of hydrogen-bond donors (Lipinski definition) is 2. The molecule has 1 aliphatic rings. The molecule has 1 fully saturated rings. The molecule has 3 aromatic rings. The summed E-state index contributed by atoms with van der Waals surface area (Å²) in [6.45, 7) is 3.25. The number of likely N-dealkylation sites (N-methyl/N-ethyl adjacent to an activating group) is 1. The number of rotatable bonds is 6. The molecule has 0 spiro atoms. The summed E-state index contributed by atoms with van der Waals surface area (Å²) in [5.41, 5.74) is 1.23. The van der Waals surface area contributed by atoms with Crippen molar-refractivity contribution in [2.75, 3.05) is 50.1 Å². The van der Waals surface area contributed by atoms with Gasteiger partial charge < -0.3 is 25.0 Å². The first-order chi connectivity index (χ1) is 15.0. The maximum atomic E-state index is 12.2. The SMILES string of the molecule is CN1CCN(c2cc(C(=O)O)c3cc(NC(=O)COc4ccccc4)ccc3n2)CC1. The Balaban J connectivity index is 1.53. The van der Waals surface area contributed by atoms with Gasteiger partial charge in [-0.05, 0) is 43.4 Å². The molecule has 2 aromatic carbocycles. The molecule has 8 nitrogen and oxygen atoms in total. The second kappa shape index (κ2) is 9.01. The van der Waals surface area contributed by atoms with E-state index >= 15 is 0 Å². The van der Waals surface area contributed by atoms with Crippen molar-refractivity contribution >= 4 is 34.3 Å². The van der Waals surface area contributed by atoms with Crippen molar-refractivity contribution in [3.8, 4) is 5.75 Å². The summed E-state index contributed by atoms with van der Waals surface area (Å²) in [5, 5.41) is 13.0. The molecular weight excluding hydrogens is 396 g/mol. The van der Waals surface area contributed by atoms with E-state index in [1.807, 2.05) is 18.2 Å². The first-order valence-corrected chi connectivity index (χ1v) is 10.1. The Hall–Kier alpha value is -3.65. The summed E-state index contributed by atoms with van der Waals surface area (Å²) >= 11 is 0. The van der Waals surface area contributed by atoms with Gasteiger partial charge in [0.15, 0.2) is 6.61 Å². The minimum Gasteiger partial charge on any atom is -0.484 e. The number of carbonyl (C=O) groups excluding carboxylic acids is 1. The number of benzene rings is 2. The van der Waals surface area contributed by atoms with Gasteiger partial charge in [-0.2, -0.15) is 0 Å². The standard InChI is InChI=1S/C23H24N4O4/c1-26-9-11-27(12-10-26)21-14-19(23(29)30)18-13-16(7-8-20(18)25-21)24-22(28)15-31-17-5-3-2-4-6-17/h2-8,13-14H,9-12,15H2,1H3,(H,24,28)(H,29,30). The van der Waals surface area contributed by atoms with Gasteiger partial charge in [-0.3, -0.25) is 4.79 Å². The number of nitrogens with zero attached hydrogens (tertiary/aromatic N) is 3. The number of para-hydroxylation sites is 1. The Bertz CT molecular complexity index is 1100. The number of amides is 1. The first-order valence-electron chi connectivity index (χ1n) is 10.1. The summed E-state index contributed by atoms with van der Waals surface area (Å²) in [7, 11) is 2.06. The van der Waals surface area contributed by atoms with Crippen LogP contribution in [0.25, 0.3) is 10.9 Å². The molecule has 0 aliphatic carbocycles. The monoisotopic (exact) mass is 420 g/mol. The van der Waals surface area contributed by atoms with Crippen molar-refractivity contribution in [3.05, 3.63) is 60.2 Å². The molecule has 8 heteroatoms. The minimum atomic E-state index is -1.03. The molecule has 1 aliphatic heterocycles. The van der Waals surface area contributed by atoms with Crippen LogP contribution in [0.1, 0.15) is 10.4 Å². The van der Waals surface area contributed by atoms with Gasteiger partial charge in [0, 0.05) is 37.3 Å². The smallest absolute Gasteiger partial charge is 0.336 e. The van der Waals surface area contributed by atoms with Crippen LogP contribution in [0, 0.1) is 0 Å². The van der Waals surface area contributed by atoms with Crippen molar-refractivity contribution in [1.82, 2.24) is 9.88 Å². The maximum Gasteiger partial charge on any atom is 0.336 e. The molecule has 160 valence electrons. The van der Waals surface area contributed by atoms with Crippen molar-refractivity contribution in [2.45, 2.75) is 0 Å². The van der Waals surface area contributed by atoms with Crippen LogP contribution in [0.4, 0.5) is 11.5 Å². The van der Waals surface area contributed by atoms with E-state index in [-0.39, 0.29) is 18.1 Å². The van der Waals surface area contributed by atoms with Crippen LogP contribution in [0.3, 0.4) is 0 Å². The lowest BCUT2D eigenvalue weighted by molar-refractivity contribution is -0.118. The van der Waals surface area contributed by atoms with E-state index in [4.69, 9.17) is 4.74 Å². The molecule has 1 aromatic heterocycles. The fraction of sp³-hybridized carbons (Fsp3) is 0.261. The van der Waals surface area contributed by atoms with Crippen molar-refractivity contribution < 1.29 is 19.4 Å². The second-order valence-electron chi connectivity index (χ2n) is 7.51. The summed E-state index contributed by atoms with van der Waals surface area (Å²) in [4.78, 5) is 33.2. The van der Waals surface area contributed by atoms with E-state index in [2.05, 4.69) is 27.1 Å². The number of hydrogen-bond acceptors (Lipinski definition) is 6. The Morgan fingerprint density at radius 1 is 1.06 bits per heavy atom. The molecule has 0 bridgehead atoms. The number of carboxylic acid groups (broad SMARTS) is 1. The Labute approximate surface area is 180 Å².